The first-order valence-electron chi connectivity index (χ1n) is 8.12. The van der Waals surface area contributed by atoms with Crippen LogP contribution in [0.25, 0.3) is 5.70 Å². The van der Waals surface area contributed by atoms with Gasteiger partial charge in [-0.25, -0.2) is 9.48 Å². The van der Waals surface area contributed by atoms with Crippen molar-refractivity contribution in [2.75, 3.05) is 13.1 Å². The maximum absolute atomic E-state index is 11.8. The highest BCUT2D eigenvalue weighted by Gasteiger charge is 2.40. The zero-order valence-corrected chi connectivity index (χ0v) is 15.9. The van der Waals surface area contributed by atoms with Crippen LogP contribution in [0.5, 0.6) is 0 Å². The van der Waals surface area contributed by atoms with E-state index in [2.05, 4.69) is 44.2 Å². The van der Waals surface area contributed by atoms with E-state index in [9.17, 15) is 10.0 Å². The average Bonchev–Trinajstić information content (AvgIpc) is 3.05. The number of carbonyl (C=O) groups excluding carboxylic acids is 1. The molecule has 0 spiro atoms. The van der Waals surface area contributed by atoms with Gasteiger partial charge in [-0.05, 0) is 24.2 Å². The fourth-order valence-corrected chi connectivity index (χ4v) is 3.46. The lowest BCUT2D eigenvalue weighted by Gasteiger charge is -2.35. The first kappa shape index (κ1) is 17.1. The highest BCUT2D eigenvalue weighted by Crippen LogP contribution is 2.37. The van der Waals surface area contributed by atoms with Gasteiger partial charge in [0.2, 0.25) is 0 Å². The Hall–Kier alpha value is -1.71. The number of hydroxylamine groups is 2. The Balaban J connectivity index is 1.69. The molecule has 3 heterocycles. The van der Waals surface area contributed by atoms with E-state index < -0.39 is 8.32 Å². The van der Waals surface area contributed by atoms with E-state index in [4.69, 9.17) is 4.43 Å². The number of hydrogen-bond acceptors (Lipinski definition) is 5. The van der Waals surface area contributed by atoms with E-state index in [0.717, 1.165) is 16.5 Å². The van der Waals surface area contributed by atoms with Crippen LogP contribution >= 0.6 is 0 Å². The molecule has 2 aliphatic rings. The van der Waals surface area contributed by atoms with Gasteiger partial charge in [-0.2, -0.15) is 5.06 Å². The third kappa shape index (κ3) is 2.98. The number of fused-ring (bicyclic) bond motifs is 2. The molecule has 0 aromatic carbocycles. The van der Waals surface area contributed by atoms with Crippen LogP contribution in [0.1, 0.15) is 26.5 Å². The maximum Gasteiger partial charge on any atom is 0.344 e. The highest BCUT2D eigenvalue weighted by molar-refractivity contribution is 6.74. The summed E-state index contributed by atoms with van der Waals surface area (Å²) in [5.74, 6) is 0. The fourth-order valence-electron chi connectivity index (χ4n) is 2.52. The zero-order chi connectivity index (χ0) is 17.7. The van der Waals surface area contributed by atoms with Gasteiger partial charge in [0.25, 0.3) is 0 Å². The lowest BCUT2D eigenvalue weighted by atomic mass is 10.2. The van der Waals surface area contributed by atoms with Crippen molar-refractivity contribution in [1.82, 2.24) is 25.0 Å². The minimum atomic E-state index is -1.83. The summed E-state index contributed by atoms with van der Waals surface area (Å²) in [6.45, 7) is 12.4. The van der Waals surface area contributed by atoms with Crippen LogP contribution in [-0.4, -0.2) is 63.6 Å². The molecule has 0 aliphatic carbocycles. The molecule has 1 aromatic heterocycles. The van der Waals surface area contributed by atoms with Crippen LogP contribution in [0, 0.1) is 0 Å². The minimum absolute atomic E-state index is 0.145. The third-order valence-corrected chi connectivity index (χ3v) is 9.63. The molecule has 1 saturated heterocycles. The maximum atomic E-state index is 11.8. The minimum Gasteiger partial charge on any atom is -0.411 e. The Kier molecular flexibility index (Phi) is 4.05. The normalized spacial score (nSPS) is 21.5. The summed E-state index contributed by atoms with van der Waals surface area (Å²) in [6.07, 6.45) is 3.69. The predicted octanol–water partition coefficient (Wildman–Crippen LogP) is 2.15. The first-order valence-corrected chi connectivity index (χ1v) is 11.0. The van der Waals surface area contributed by atoms with Gasteiger partial charge >= 0.3 is 6.03 Å². The number of urea groups is 1. The summed E-state index contributed by atoms with van der Waals surface area (Å²) in [5, 5.41) is 19.0. The Morgan fingerprint density at radius 1 is 1.42 bits per heavy atom. The second-order valence-corrected chi connectivity index (χ2v) is 12.7. The van der Waals surface area contributed by atoms with Crippen molar-refractivity contribution in [1.29, 1.82) is 0 Å². The Morgan fingerprint density at radius 2 is 2.12 bits per heavy atom. The molecule has 0 radical (unpaired) electrons. The fraction of sp³-hybridized carbons (Fsp3) is 0.667. The Morgan fingerprint density at radius 3 is 2.75 bits per heavy atom. The topological polar surface area (TPSA) is 83.7 Å². The number of carbonyl (C=O) groups is 1. The molecule has 1 N–H and O–H groups in total. The number of amides is 2. The molecule has 2 aliphatic heterocycles. The molecular formula is C15H25N5O3Si. The molecular weight excluding hydrogens is 326 g/mol. The van der Waals surface area contributed by atoms with E-state index >= 15 is 0 Å². The molecule has 132 valence electrons. The van der Waals surface area contributed by atoms with Crippen molar-refractivity contribution in [3.8, 4) is 0 Å². The summed E-state index contributed by atoms with van der Waals surface area (Å²) in [6, 6.07) is -0.690. The molecule has 2 bridgehead atoms. The Bertz CT molecular complexity index is 679. The molecule has 1 unspecified atom stereocenters. The third-order valence-electron chi connectivity index (χ3n) is 5.15. The second kappa shape index (κ2) is 5.68. The zero-order valence-electron chi connectivity index (χ0n) is 14.9. The van der Waals surface area contributed by atoms with Gasteiger partial charge in [-0.1, -0.05) is 26.0 Å². The molecule has 1 atom stereocenters. The monoisotopic (exact) mass is 351 g/mol. The molecule has 1 aromatic rings. The smallest absolute Gasteiger partial charge is 0.344 e. The van der Waals surface area contributed by atoms with Crippen molar-refractivity contribution < 1.29 is 14.4 Å². The van der Waals surface area contributed by atoms with Gasteiger partial charge in [-0.15, -0.1) is 5.10 Å². The van der Waals surface area contributed by atoms with Gasteiger partial charge in [0, 0.05) is 6.54 Å². The lowest BCUT2D eigenvalue weighted by molar-refractivity contribution is -0.0450. The van der Waals surface area contributed by atoms with E-state index in [1.807, 2.05) is 12.3 Å². The van der Waals surface area contributed by atoms with Gasteiger partial charge in [0.1, 0.15) is 5.69 Å². The molecule has 24 heavy (non-hydrogen) atoms. The van der Waals surface area contributed by atoms with E-state index in [1.165, 1.54) is 0 Å². The second-order valence-electron chi connectivity index (χ2n) is 7.94. The summed E-state index contributed by atoms with van der Waals surface area (Å²) in [4.78, 5) is 13.4. The molecule has 8 nitrogen and oxygen atoms in total. The number of nitrogens with zero attached hydrogens (tertiary/aromatic N) is 5. The molecule has 1 fully saturated rings. The standard InChI is InChI=1S/C15H25N5O3Si/c1-15(2,3)24(4,5)23-10-11-7-19(17-16-11)12-6-13-9-18(8-12)14(21)20(13)22/h6-7,13,22H,8-10H2,1-5H3. The van der Waals surface area contributed by atoms with Gasteiger partial charge in [0.05, 0.1) is 31.1 Å². The predicted molar refractivity (Wildman–Crippen MR) is 90.7 cm³/mol. The van der Waals surface area contributed by atoms with Crippen molar-refractivity contribution in [3.05, 3.63) is 18.0 Å². The van der Waals surface area contributed by atoms with Crippen molar-refractivity contribution >= 4 is 20.0 Å². The van der Waals surface area contributed by atoms with Crippen molar-refractivity contribution in [2.45, 2.75) is 51.6 Å². The van der Waals surface area contributed by atoms with Crippen LogP contribution in [0.4, 0.5) is 4.79 Å². The molecule has 3 rings (SSSR count). The number of aromatic nitrogens is 3. The summed E-state index contributed by atoms with van der Waals surface area (Å²) in [5.41, 5.74) is 1.60. The van der Waals surface area contributed by atoms with E-state index in [-0.39, 0.29) is 17.1 Å². The summed E-state index contributed by atoms with van der Waals surface area (Å²) < 4.78 is 7.82. The van der Waals surface area contributed by atoms with E-state index in [0.29, 0.717) is 19.7 Å². The average molecular weight is 351 g/mol. The first-order chi connectivity index (χ1) is 11.1. The molecule has 9 heteroatoms. The summed E-state index contributed by atoms with van der Waals surface area (Å²) in [7, 11) is -1.83. The van der Waals surface area contributed by atoms with Gasteiger partial charge in [0.15, 0.2) is 8.32 Å². The number of rotatable bonds is 4. The SMILES string of the molecule is CC(C)(C)[Si](C)(C)OCc1cn(C2=CC3CN(C2)C(=O)N3O)nn1. The van der Waals surface area contributed by atoms with Crippen molar-refractivity contribution in [3.63, 3.8) is 0 Å². The summed E-state index contributed by atoms with van der Waals surface area (Å²) >= 11 is 0. The van der Waals surface area contributed by atoms with Gasteiger partial charge < -0.3 is 9.33 Å². The van der Waals surface area contributed by atoms with E-state index in [1.54, 1.807) is 9.58 Å². The van der Waals surface area contributed by atoms with Crippen molar-refractivity contribution in [2.24, 2.45) is 0 Å². The quantitative estimate of drug-likeness (QED) is 0.664. The van der Waals surface area contributed by atoms with Crippen LogP contribution < -0.4 is 0 Å². The largest absolute Gasteiger partial charge is 0.411 e. The van der Waals surface area contributed by atoms with Crippen LogP contribution in [0.3, 0.4) is 0 Å². The number of hydrogen-bond donors (Lipinski definition) is 1. The van der Waals surface area contributed by atoms with Crippen LogP contribution in [0.15, 0.2) is 12.3 Å². The van der Waals surface area contributed by atoms with Gasteiger partial charge in [-0.3, -0.25) is 5.21 Å². The van der Waals surface area contributed by atoms with Crippen LogP contribution in [0.2, 0.25) is 18.1 Å². The Labute approximate surface area is 142 Å². The van der Waals surface area contributed by atoms with Crippen LogP contribution in [-0.2, 0) is 11.0 Å². The highest BCUT2D eigenvalue weighted by atomic mass is 28.4. The lowest BCUT2D eigenvalue weighted by Crippen LogP contribution is -2.40. The molecule has 2 amide bonds. The molecule has 0 saturated carbocycles.